The maximum atomic E-state index is 11.9. The highest BCUT2D eigenvalue weighted by atomic mass is 16.6. The lowest BCUT2D eigenvalue weighted by Gasteiger charge is -2.15. The molecular weight excluding hydrogens is 276 g/mol. The summed E-state index contributed by atoms with van der Waals surface area (Å²) in [6.07, 6.45) is -0.475. The minimum Gasteiger partial charge on any atom is -0.434 e. The molecule has 0 bridgehead atoms. The molecule has 0 radical (unpaired) electrons. The fraction of sp³-hybridized carbons (Fsp3) is 0.111. The van der Waals surface area contributed by atoms with Gasteiger partial charge in [0.05, 0.1) is 16.8 Å². The van der Waals surface area contributed by atoms with E-state index in [9.17, 15) is 4.79 Å². The SMILES string of the molecule is Cc1ccc2cccc(N[C@@H]3OC(=O)c4ccccc43)c2n1. The molecule has 0 amide bonds. The van der Waals surface area contributed by atoms with Gasteiger partial charge in [0.25, 0.3) is 0 Å². The van der Waals surface area contributed by atoms with E-state index in [0.717, 1.165) is 27.8 Å². The molecule has 0 aliphatic carbocycles. The number of carbonyl (C=O) groups is 1. The van der Waals surface area contributed by atoms with Crippen molar-refractivity contribution in [3.8, 4) is 0 Å². The van der Waals surface area contributed by atoms with E-state index in [1.807, 2.05) is 55.5 Å². The van der Waals surface area contributed by atoms with E-state index in [2.05, 4.69) is 10.3 Å². The summed E-state index contributed by atoms with van der Waals surface area (Å²) < 4.78 is 5.44. The molecule has 0 fully saturated rings. The molecule has 1 aliphatic heterocycles. The Bertz CT molecular complexity index is 889. The van der Waals surface area contributed by atoms with Crippen LogP contribution >= 0.6 is 0 Å². The number of ether oxygens (including phenoxy) is 1. The Balaban J connectivity index is 1.76. The van der Waals surface area contributed by atoms with Crippen molar-refractivity contribution < 1.29 is 9.53 Å². The number of hydrogen-bond donors (Lipinski definition) is 1. The normalized spacial score (nSPS) is 16.4. The standard InChI is InChI=1S/C18H14N2O2/c1-11-9-10-12-5-4-8-15(16(12)19-11)20-17-13-6-2-3-7-14(13)18(21)22-17/h2-10,17,20H,1H3/t17-/m1/s1. The van der Waals surface area contributed by atoms with Crippen LogP contribution in [0.4, 0.5) is 5.69 Å². The Morgan fingerprint density at radius 1 is 1.05 bits per heavy atom. The van der Waals surface area contributed by atoms with Crippen molar-refractivity contribution in [1.29, 1.82) is 0 Å². The predicted molar refractivity (Wildman–Crippen MR) is 84.7 cm³/mol. The van der Waals surface area contributed by atoms with Crippen molar-refractivity contribution in [1.82, 2.24) is 4.98 Å². The summed E-state index contributed by atoms with van der Waals surface area (Å²) in [5.41, 5.74) is 4.16. The van der Waals surface area contributed by atoms with Gasteiger partial charge in [-0.2, -0.15) is 0 Å². The van der Waals surface area contributed by atoms with E-state index in [1.54, 1.807) is 6.07 Å². The Kier molecular flexibility index (Phi) is 2.82. The molecule has 0 spiro atoms. The van der Waals surface area contributed by atoms with Crippen molar-refractivity contribution in [2.24, 2.45) is 0 Å². The average molecular weight is 290 g/mol. The van der Waals surface area contributed by atoms with Gasteiger partial charge in [-0.25, -0.2) is 4.79 Å². The van der Waals surface area contributed by atoms with Gasteiger partial charge in [0.1, 0.15) is 0 Å². The Morgan fingerprint density at radius 3 is 2.82 bits per heavy atom. The van der Waals surface area contributed by atoms with E-state index in [-0.39, 0.29) is 5.97 Å². The van der Waals surface area contributed by atoms with Gasteiger partial charge in [-0.1, -0.05) is 36.4 Å². The highest BCUT2D eigenvalue weighted by Crippen LogP contribution is 2.33. The number of rotatable bonds is 2. The molecule has 22 heavy (non-hydrogen) atoms. The average Bonchev–Trinajstić information content (AvgIpc) is 2.85. The van der Waals surface area contributed by atoms with Crippen LogP contribution in [0.15, 0.2) is 54.6 Å². The number of fused-ring (bicyclic) bond motifs is 2. The largest absolute Gasteiger partial charge is 0.434 e. The van der Waals surface area contributed by atoms with Crippen LogP contribution in [0.1, 0.15) is 27.8 Å². The number of benzene rings is 2. The predicted octanol–water partition coefficient (Wildman–Crippen LogP) is 3.82. The molecule has 1 atom stereocenters. The van der Waals surface area contributed by atoms with Gasteiger partial charge in [-0.15, -0.1) is 0 Å². The molecule has 1 N–H and O–H groups in total. The van der Waals surface area contributed by atoms with Gasteiger partial charge in [0.15, 0.2) is 0 Å². The van der Waals surface area contributed by atoms with Crippen LogP contribution in [0.3, 0.4) is 0 Å². The van der Waals surface area contributed by atoms with E-state index >= 15 is 0 Å². The zero-order valence-electron chi connectivity index (χ0n) is 12.0. The summed E-state index contributed by atoms with van der Waals surface area (Å²) >= 11 is 0. The molecule has 0 saturated carbocycles. The Hall–Kier alpha value is -2.88. The van der Waals surface area contributed by atoms with Crippen LogP contribution in [0.25, 0.3) is 10.9 Å². The molecule has 1 aromatic heterocycles. The number of hydrogen-bond acceptors (Lipinski definition) is 4. The molecule has 4 rings (SSSR count). The van der Waals surface area contributed by atoms with Gasteiger partial charge < -0.3 is 10.1 Å². The maximum Gasteiger partial charge on any atom is 0.340 e. The number of cyclic esters (lactones) is 1. The van der Waals surface area contributed by atoms with E-state index in [0.29, 0.717) is 5.56 Å². The summed E-state index contributed by atoms with van der Waals surface area (Å²) in [5.74, 6) is -0.294. The van der Waals surface area contributed by atoms with Crippen molar-refractivity contribution in [3.63, 3.8) is 0 Å². The van der Waals surface area contributed by atoms with E-state index in [4.69, 9.17) is 4.74 Å². The van der Waals surface area contributed by atoms with Crippen LogP contribution in [0.5, 0.6) is 0 Å². The van der Waals surface area contributed by atoms with Gasteiger partial charge in [0, 0.05) is 16.6 Å². The summed E-state index contributed by atoms with van der Waals surface area (Å²) in [7, 11) is 0. The van der Waals surface area contributed by atoms with Gasteiger partial charge >= 0.3 is 5.97 Å². The van der Waals surface area contributed by atoms with Crippen molar-refractivity contribution in [2.75, 3.05) is 5.32 Å². The molecular formula is C18H14N2O2. The first-order chi connectivity index (χ1) is 10.7. The lowest BCUT2D eigenvalue weighted by molar-refractivity contribution is 0.0437. The molecule has 0 unspecified atom stereocenters. The van der Waals surface area contributed by atoms with Gasteiger partial charge in [-0.3, -0.25) is 4.98 Å². The van der Waals surface area contributed by atoms with Gasteiger partial charge in [-0.05, 0) is 25.1 Å². The van der Waals surface area contributed by atoms with E-state index < -0.39 is 6.23 Å². The van der Waals surface area contributed by atoms with Crippen molar-refractivity contribution in [2.45, 2.75) is 13.2 Å². The highest BCUT2D eigenvalue weighted by Gasteiger charge is 2.30. The molecule has 2 heterocycles. The lowest BCUT2D eigenvalue weighted by atomic mass is 10.1. The fourth-order valence-corrected chi connectivity index (χ4v) is 2.76. The van der Waals surface area contributed by atoms with Crippen LogP contribution in [0, 0.1) is 6.92 Å². The number of para-hydroxylation sites is 1. The Morgan fingerprint density at radius 2 is 1.91 bits per heavy atom. The third-order valence-electron chi connectivity index (χ3n) is 3.83. The second-order valence-corrected chi connectivity index (χ2v) is 5.35. The number of esters is 1. The number of nitrogens with zero attached hydrogens (tertiary/aromatic N) is 1. The third-order valence-corrected chi connectivity index (χ3v) is 3.83. The number of carbonyl (C=O) groups excluding carboxylic acids is 1. The fourth-order valence-electron chi connectivity index (χ4n) is 2.76. The Labute approximate surface area is 127 Å². The highest BCUT2D eigenvalue weighted by molar-refractivity contribution is 5.95. The first-order valence-corrected chi connectivity index (χ1v) is 7.15. The summed E-state index contributed by atoms with van der Waals surface area (Å²) in [6.45, 7) is 1.96. The summed E-state index contributed by atoms with van der Waals surface area (Å²) in [4.78, 5) is 16.5. The number of nitrogens with one attached hydrogen (secondary N) is 1. The zero-order valence-corrected chi connectivity index (χ0v) is 12.0. The van der Waals surface area contributed by atoms with Gasteiger partial charge in [0.2, 0.25) is 6.23 Å². The molecule has 3 aromatic rings. The van der Waals surface area contributed by atoms with Crippen molar-refractivity contribution >= 4 is 22.6 Å². The number of aromatic nitrogens is 1. The number of anilines is 1. The first-order valence-electron chi connectivity index (χ1n) is 7.15. The van der Waals surface area contributed by atoms with E-state index in [1.165, 1.54) is 0 Å². The zero-order chi connectivity index (χ0) is 15.1. The third kappa shape index (κ3) is 2.00. The molecule has 4 nitrogen and oxygen atoms in total. The first kappa shape index (κ1) is 12.8. The minimum absolute atomic E-state index is 0.294. The molecule has 2 aromatic carbocycles. The second kappa shape index (κ2) is 4.84. The molecule has 108 valence electrons. The lowest BCUT2D eigenvalue weighted by Crippen LogP contribution is -2.10. The monoisotopic (exact) mass is 290 g/mol. The number of pyridine rings is 1. The molecule has 0 saturated heterocycles. The minimum atomic E-state index is -0.475. The molecule has 4 heteroatoms. The summed E-state index contributed by atoms with van der Waals surface area (Å²) in [5, 5.41) is 4.34. The molecule has 1 aliphatic rings. The van der Waals surface area contributed by atoms with Crippen LogP contribution in [-0.2, 0) is 4.74 Å². The van der Waals surface area contributed by atoms with Crippen LogP contribution < -0.4 is 5.32 Å². The van der Waals surface area contributed by atoms with Crippen LogP contribution in [-0.4, -0.2) is 11.0 Å². The topological polar surface area (TPSA) is 51.2 Å². The number of aryl methyl sites for hydroxylation is 1. The van der Waals surface area contributed by atoms with Crippen molar-refractivity contribution in [3.05, 3.63) is 71.4 Å². The summed E-state index contributed by atoms with van der Waals surface area (Å²) in [6, 6.07) is 17.4. The second-order valence-electron chi connectivity index (χ2n) is 5.35. The van der Waals surface area contributed by atoms with Crippen LogP contribution in [0.2, 0.25) is 0 Å². The quantitative estimate of drug-likeness (QED) is 0.729. The maximum absolute atomic E-state index is 11.9. The smallest absolute Gasteiger partial charge is 0.340 e.